The van der Waals surface area contributed by atoms with Crippen LogP contribution in [0.5, 0.6) is 0 Å². The summed E-state index contributed by atoms with van der Waals surface area (Å²) in [5.74, 6) is -1.13. The minimum absolute atomic E-state index is 0.0523. The molecule has 2 aliphatic rings. The molecule has 6 heteroatoms. The number of esters is 1. The predicted molar refractivity (Wildman–Crippen MR) is 76.5 cm³/mol. The average Bonchev–Trinajstić information content (AvgIpc) is 2.98. The summed E-state index contributed by atoms with van der Waals surface area (Å²) < 4.78 is 5.28. The van der Waals surface area contributed by atoms with E-state index in [0.29, 0.717) is 0 Å². The van der Waals surface area contributed by atoms with Crippen molar-refractivity contribution in [2.45, 2.75) is 57.5 Å². The van der Waals surface area contributed by atoms with Gasteiger partial charge in [0.25, 0.3) is 0 Å². The molecule has 21 heavy (non-hydrogen) atoms. The Morgan fingerprint density at radius 1 is 1.33 bits per heavy atom. The van der Waals surface area contributed by atoms with Crippen LogP contribution in [0, 0.1) is 11.8 Å². The molecule has 3 N–H and O–H groups in total. The zero-order chi connectivity index (χ0) is 15.8. The number of ether oxygens (including phenoxy) is 1. The van der Waals surface area contributed by atoms with E-state index in [9.17, 15) is 20.1 Å². The lowest BCUT2D eigenvalue weighted by Gasteiger charge is -2.33. The van der Waals surface area contributed by atoms with Crippen molar-refractivity contribution in [1.29, 1.82) is 0 Å². The van der Waals surface area contributed by atoms with Crippen LogP contribution in [0.2, 0.25) is 0 Å². The van der Waals surface area contributed by atoms with Gasteiger partial charge < -0.3 is 20.1 Å². The summed E-state index contributed by atoms with van der Waals surface area (Å²) in [6, 6.07) is 0.0523. The van der Waals surface area contributed by atoms with Gasteiger partial charge >= 0.3 is 5.97 Å². The van der Waals surface area contributed by atoms with Crippen molar-refractivity contribution in [3.63, 3.8) is 0 Å². The van der Waals surface area contributed by atoms with E-state index in [-0.39, 0.29) is 24.7 Å². The number of carbonyl (C=O) groups excluding carboxylic acids is 1. The fraction of sp³-hybridized carbons (Fsp3) is 0.933. The third-order valence-corrected chi connectivity index (χ3v) is 5.07. The number of carbonyl (C=O) groups is 1. The Kier molecular flexibility index (Phi) is 4.92. The third-order valence-electron chi connectivity index (χ3n) is 5.07. The highest BCUT2D eigenvalue weighted by Gasteiger charge is 2.47. The van der Waals surface area contributed by atoms with Crippen molar-refractivity contribution in [3.05, 3.63) is 0 Å². The van der Waals surface area contributed by atoms with Gasteiger partial charge in [0.2, 0.25) is 0 Å². The summed E-state index contributed by atoms with van der Waals surface area (Å²) >= 11 is 0. The molecule has 0 aromatic carbocycles. The molecular weight excluding hydrogens is 274 g/mol. The lowest BCUT2D eigenvalue weighted by molar-refractivity contribution is -0.186. The highest BCUT2D eigenvalue weighted by atomic mass is 16.6. The van der Waals surface area contributed by atoms with Crippen molar-refractivity contribution >= 4 is 5.97 Å². The first-order chi connectivity index (χ1) is 9.78. The van der Waals surface area contributed by atoms with Gasteiger partial charge in [0.05, 0.1) is 18.8 Å². The monoisotopic (exact) mass is 301 g/mol. The molecule has 0 unspecified atom stereocenters. The molecule has 2 heterocycles. The van der Waals surface area contributed by atoms with Crippen molar-refractivity contribution in [2.24, 2.45) is 11.8 Å². The van der Waals surface area contributed by atoms with Gasteiger partial charge in [-0.05, 0) is 32.2 Å². The number of aliphatic hydroxyl groups is 3. The Bertz CT molecular complexity index is 376. The number of fused-ring (bicyclic) bond motifs is 1. The fourth-order valence-electron chi connectivity index (χ4n) is 3.61. The summed E-state index contributed by atoms with van der Waals surface area (Å²) in [4.78, 5) is 14.4. The first-order valence-corrected chi connectivity index (χ1v) is 7.78. The van der Waals surface area contributed by atoms with E-state index < -0.39 is 23.6 Å². The SMILES string of the molecule is CC(C)[C@](O)(C(=O)OC[C@H]1CCN2CC[C@@H](O)[C@@H]12)[C@H](C)O. The summed E-state index contributed by atoms with van der Waals surface area (Å²) in [6.07, 6.45) is 0.0850. The van der Waals surface area contributed by atoms with Gasteiger partial charge in [-0.1, -0.05) is 13.8 Å². The van der Waals surface area contributed by atoms with Crippen LogP contribution in [0.15, 0.2) is 0 Å². The lowest BCUT2D eigenvalue weighted by Crippen LogP contribution is -2.53. The molecule has 0 saturated carbocycles. The molecule has 2 fully saturated rings. The summed E-state index contributed by atoms with van der Waals surface area (Å²) in [6.45, 7) is 6.71. The van der Waals surface area contributed by atoms with Gasteiger partial charge in [-0.15, -0.1) is 0 Å². The van der Waals surface area contributed by atoms with E-state index >= 15 is 0 Å². The smallest absolute Gasteiger partial charge is 0.341 e. The standard InChI is InChI=1S/C15H27NO5/c1-9(2)15(20,10(3)17)14(19)21-8-11-4-6-16-7-5-12(18)13(11)16/h9-13,17-18,20H,4-8H2,1-3H3/t10-,11+,12+,13+,15+/m0/s1. The van der Waals surface area contributed by atoms with Crippen LogP contribution in [0.1, 0.15) is 33.6 Å². The summed E-state index contributed by atoms with van der Waals surface area (Å²) in [5.41, 5.74) is -1.88. The zero-order valence-corrected chi connectivity index (χ0v) is 13.0. The molecule has 5 atom stereocenters. The maximum Gasteiger partial charge on any atom is 0.341 e. The predicted octanol–water partition coefficient (Wildman–Crippen LogP) is -0.247. The van der Waals surface area contributed by atoms with E-state index in [2.05, 4.69) is 4.90 Å². The Balaban J connectivity index is 1.95. The minimum atomic E-state index is -1.88. The van der Waals surface area contributed by atoms with E-state index in [1.165, 1.54) is 6.92 Å². The first-order valence-electron chi connectivity index (χ1n) is 7.78. The van der Waals surface area contributed by atoms with Crippen LogP contribution < -0.4 is 0 Å². The molecule has 2 rings (SSSR count). The van der Waals surface area contributed by atoms with Crippen molar-refractivity contribution in [2.75, 3.05) is 19.7 Å². The van der Waals surface area contributed by atoms with Crippen LogP contribution in [-0.2, 0) is 9.53 Å². The molecule has 0 radical (unpaired) electrons. The second-order valence-electron chi connectivity index (χ2n) is 6.69. The number of hydrogen-bond donors (Lipinski definition) is 3. The molecule has 0 amide bonds. The van der Waals surface area contributed by atoms with Crippen molar-refractivity contribution < 1.29 is 24.9 Å². The molecule has 0 spiro atoms. The number of hydrogen-bond acceptors (Lipinski definition) is 6. The molecule has 0 bridgehead atoms. The topological polar surface area (TPSA) is 90.2 Å². The molecule has 2 saturated heterocycles. The van der Waals surface area contributed by atoms with E-state index in [4.69, 9.17) is 4.74 Å². The maximum atomic E-state index is 12.2. The van der Waals surface area contributed by atoms with E-state index in [0.717, 1.165) is 25.9 Å². The van der Waals surface area contributed by atoms with E-state index in [1.807, 2.05) is 0 Å². The maximum absolute atomic E-state index is 12.2. The van der Waals surface area contributed by atoms with E-state index in [1.54, 1.807) is 13.8 Å². The zero-order valence-electron chi connectivity index (χ0n) is 13.0. The van der Waals surface area contributed by atoms with Gasteiger partial charge in [-0.25, -0.2) is 4.79 Å². The highest BCUT2D eigenvalue weighted by Crippen LogP contribution is 2.33. The van der Waals surface area contributed by atoms with Crippen molar-refractivity contribution in [1.82, 2.24) is 4.90 Å². The van der Waals surface area contributed by atoms with Crippen LogP contribution in [0.25, 0.3) is 0 Å². The Labute approximate surface area is 125 Å². The van der Waals surface area contributed by atoms with Crippen LogP contribution in [0.3, 0.4) is 0 Å². The van der Waals surface area contributed by atoms with Crippen molar-refractivity contribution in [3.8, 4) is 0 Å². The van der Waals surface area contributed by atoms with Gasteiger partial charge in [0.15, 0.2) is 5.60 Å². The second kappa shape index (κ2) is 6.20. The number of nitrogens with zero attached hydrogens (tertiary/aromatic N) is 1. The first kappa shape index (κ1) is 16.7. The fourth-order valence-corrected chi connectivity index (χ4v) is 3.61. The highest BCUT2D eigenvalue weighted by molar-refractivity contribution is 5.80. The number of rotatable bonds is 5. The van der Waals surface area contributed by atoms with Gasteiger partial charge in [-0.2, -0.15) is 0 Å². The molecule has 122 valence electrons. The molecule has 0 aromatic rings. The van der Waals surface area contributed by atoms with Gasteiger partial charge in [0.1, 0.15) is 0 Å². The largest absolute Gasteiger partial charge is 0.463 e. The molecular formula is C15H27NO5. The lowest BCUT2D eigenvalue weighted by atomic mass is 9.85. The van der Waals surface area contributed by atoms with Gasteiger partial charge in [0, 0.05) is 18.5 Å². The van der Waals surface area contributed by atoms with Crippen LogP contribution >= 0.6 is 0 Å². The summed E-state index contributed by atoms with van der Waals surface area (Å²) in [7, 11) is 0. The molecule has 0 aliphatic carbocycles. The second-order valence-corrected chi connectivity index (χ2v) is 6.69. The minimum Gasteiger partial charge on any atom is -0.463 e. The molecule has 6 nitrogen and oxygen atoms in total. The number of aliphatic hydroxyl groups excluding tert-OH is 2. The third kappa shape index (κ3) is 2.95. The Morgan fingerprint density at radius 3 is 2.52 bits per heavy atom. The van der Waals surface area contributed by atoms with Crippen LogP contribution in [-0.4, -0.2) is 69.7 Å². The van der Waals surface area contributed by atoms with Crippen LogP contribution in [0.4, 0.5) is 0 Å². The normalized spacial score (nSPS) is 33.8. The van der Waals surface area contributed by atoms with Gasteiger partial charge in [-0.3, -0.25) is 4.90 Å². The summed E-state index contributed by atoms with van der Waals surface area (Å²) in [5, 5.41) is 30.1. The molecule has 2 aliphatic heterocycles. The Morgan fingerprint density at radius 2 is 1.95 bits per heavy atom. The quantitative estimate of drug-likeness (QED) is 0.607. The average molecular weight is 301 g/mol. The molecule has 0 aromatic heterocycles. The Hall–Kier alpha value is -0.690.